The number of ether oxygens (including phenoxy) is 1. The van der Waals surface area contributed by atoms with Gasteiger partial charge in [-0.3, -0.25) is 9.52 Å². The van der Waals surface area contributed by atoms with Gasteiger partial charge >= 0.3 is 5.97 Å². The molecule has 0 aliphatic rings. The maximum absolute atomic E-state index is 12.5. The number of hydrogen-bond acceptors (Lipinski definition) is 6. The molecule has 8 heteroatoms. The average Bonchev–Trinajstić information content (AvgIpc) is 3.04. The van der Waals surface area contributed by atoms with Crippen LogP contribution in [0.3, 0.4) is 0 Å². The summed E-state index contributed by atoms with van der Waals surface area (Å²) < 4.78 is 31.0. The molecule has 1 heterocycles. The fraction of sp³-hybridized carbons (Fsp3) is 0.158. The Hall–Kier alpha value is -2.71. The maximum atomic E-state index is 12.5. The zero-order valence-electron chi connectivity index (χ0n) is 14.6. The highest BCUT2D eigenvalue weighted by atomic mass is 32.2. The van der Waals surface area contributed by atoms with Gasteiger partial charge in [0.05, 0.1) is 6.26 Å². The molecule has 0 spiro atoms. The standard InChI is InChI=1S/C19H17NO5S2/c1-12(18(21)13-7-9-15(10-8-13)20-27(2,23)24)25-19(22)17-11-14-5-3-4-6-16(14)26-17/h3-12,20H,1-2H3/t12-/m1/s1. The summed E-state index contributed by atoms with van der Waals surface area (Å²) in [6, 6.07) is 15.3. The van der Waals surface area contributed by atoms with Gasteiger partial charge < -0.3 is 4.74 Å². The SMILES string of the molecule is C[C@@H](OC(=O)c1cc2ccccc2s1)C(=O)c1ccc(NS(C)(=O)=O)cc1. The Balaban J connectivity index is 1.68. The number of nitrogens with one attached hydrogen (secondary N) is 1. The number of esters is 1. The van der Waals surface area contributed by atoms with Crippen molar-refractivity contribution in [3.05, 3.63) is 65.0 Å². The van der Waals surface area contributed by atoms with Gasteiger partial charge in [0.15, 0.2) is 6.10 Å². The van der Waals surface area contributed by atoms with Gasteiger partial charge in [0.25, 0.3) is 0 Å². The van der Waals surface area contributed by atoms with Crippen LogP contribution in [-0.2, 0) is 14.8 Å². The molecule has 0 unspecified atom stereocenters. The van der Waals surface area contributed by atoms with E-state index in [1.165, 1.54) is 42.5 Å². The van der Waals surface area contributed by atoms with Crippen molar-refractivity contribution in [1.82, 2.24) is 0 Å². The topological polar surface area (TPSA) is 89.5 Å². The molecule has 140 valence electrons. The molecule has 6 nitrogen and oxygen atoms in total. The highest BCUT2D eigenvalue weighted by Crippen LogP contribution is 2.26. The first-order chi connectivity index (χ1) is 12.7. The number of fused-ring (bicyclic) bond motifs is 1. The largest absolute Gasteiger partial charge is 0.450 e. The van der Waals surface area contributed by atoms with E-state index in [9.17, 15) is 18.0 Å². The molecule has 1 aromatic heterocycles. The predicted molar refractivity (Wildman–Crippen MR) is 106 cm³/mol. The quantitative estimate of drug-likeness (QED) is 0.501. The summed E-state index contributed by atoms with van der Waals surface area (Å²) in [6.07, 6.45) is 0.0816. The van der Waals surface area contributed by atoms with Crippen molar-refractivity contribution in [1.29, 1.82) is 0 Å². The van der Waals surface area contributed by atoms with Crippen molar-refractivity contribution in [3.63, 3.8) is 0 Å². The van der Waals surface area contributed by atoms with Crippen LogP contribution < -0.4 is 4.72 Å². The Morgan fingerprint density at radius 3 is 2.37 bits per heavy atom. The van der Waals surface area contributed by atoms with Crippen LogP contribution in [0.2, 0.25) is 0 Å². The van der Waals surface area contributed by atoms with E-state index in [1.807, 2.05) is 24.3 Å². The summed E-state index contributed by atoms with van der Waals surface area (Å²) >= 11 is 1.31. The molecule has 3 rings (SSSR count). The number of thiophene rings is 1. The third-order valence-electron chi connectivity index (χ3n) is 3.75. The summed E-state index contributed by atoms with van der Waals surface area (Å²) in [6.45, 7) is 1.51. The lowest BCUT2D eigenvalue weighted by molar-refractivity contribution is 0.0323. The molecule has 0 bridgehead atoms. The molecule has 0 aliphatic heterocycles. The second-order valence-corrected chi connectivity index (χ2v) is 8.84. The molecule has 0 amide bonds. The molecular formula is C19H17NO5S2. The van der Waals surface area contributed by atoms with E-state index >= 15 is 0 Å². The maximum Gasteiger partial charge on any atom is 0.349 e. The van der Waals surface area contributed by atoms with Crippen molar-refractivity contribution >= 4 is 48.9 Å². The smallest absolute Gasteiger partial charge is 0.349 e. The summed E-state index contributed by atoms with van der Waals surface area (Å²) in [5.74, 6) is -0.914. The monoisotopic (exact) mass is 403 g/mol. The van der Waals surface area contributed by atoms with Gasteiger partial charge in [-0.05, 0) is 48.7 Å². The summed E-state index contributed by atoms with van der Waals surface area (Å²) in [5.41, 5.74) is 0.676. The van der Waals surface area contributed by atoms with Gasteiger partial charge in [0.2, 0.25) is 15.8 Å². The average molecular weight is 403 g/mol. The van der Waals surface area contributed by atoms with E-state index in [4.69, 9.17) is 4.74 Å². The van der Waals surface area contributed by atoms with E-state index < -0.39 is 22.1 Å². The number of hydrogen-bond donors (Lipinski definition) is 1. The van der Waals surface area contributed by atoms with Crippen molar-refractivity contribution in [2.75, 3.05) is 11.0 Å². The first-order valence-corrected chi connectivity index (χ1v) is 10.8. The molecule has 2 aromatic carbocycles. The van der Waals surface area contributed by atoms with Crippen molar-refractivity contribution in [3.8, 4) is 0 Å². The lowest BCUT2D eigenvalue weighted by atomic mass is 10.1. The number of rotatable bonds is 6. The second-order valence-electron chi connectivity index (χ2n) is 6.01. The van der Waals surface area contributed by atoms with E-state index in [0.717, 1.165) is 16.3 Å². The van der Waals surface area contributed by atoms with Gasteiger partial charge in [0, 0.05) is 16.0 Å². The second kappa shape index (κ2) is 7.50. The van der Waals surface area contributed by atoms with Crippen molar-refractivity contribution < 1.29 is 22.7 Å². The highest BCUT2D eigenvalue weighted by Gasteiger charge is 2.21. The molecule has 0 fully saturated rings. The first kappa shape index (κ1) is 19.1. The van der Waals surface area contributed by atoms with Gasteiger partial charge in [-0.15, -0.1) is 11.3 Å². The van der Waals surface area contributed by atoms with Crippen LogP contribution in [0.5, 0.6) is 0 Å². The number of ketones is 1. The molecule has 27 heavy (non-hydrogen) atoms. The molecular weight excluding hydrogens is 386 g/mol. The number of carbonyl (C=O) groups excluding carboxylic acids is 2. The Bertz CT molecular complexity index is 1070. The van der Waals surface area contributed by atoms with Gasteiger partial charge in [0.1, 0.15) is 4.88 Å². The number of benzene rings is 2. The number of carbonyl (C=O) groups is 2. The van der Waals surface area contributed by atoms with Crippen LogP contribution >= 0.6 is 11.3 Å². The van der Waals surface area contributed by atoms with Gasteiger partial charge in [-0.25, -0.2) is 13.2 Å². The van der Waals surface area contributed by atoms with E-state index in [1.54, 1.807) is 6.07 Å². The molecule has 0 saturated carbocycles. The Morgan fingerprint density at radius 1 is 1.07 bits per heavy atom. The number of anilines is 1. The van der Waals surface area contributed by atoms with Crippen molar-refractivity contribution in [2.45, 2.75) is 13.0 Å². The predicted octanol–water partition coefficient (Wildman–Crippen LogP) is 3.70. The minimum Gasteiger partial charge on any atom is -0.450 e. The fourth-order valence-electron chi connectivity index (χ4n) is 2.51. The third kappa shape index (κ3) is 4.72. The Kier molecular flexibility index (Phi) is 5.29. The fourth-order valence-corrected chi connectivity index (χ4v) is 4.02. The summed E-state index contributed by atoms with van der Waals surface area (Å²) in [7, 11) is -3.39. The molecule has 0 saturated heterocycles. The summed E-state index contributed by atoms with van der Waals surface area (Å²) in [4.78, 5) is 25.2. The summed E-state index contributed by atoms with van der Waals surface area (Å²) in [5, 5.41) is 0.947. The van der Waals surface area contributed by atoms with Crippen molar-refractivity contribution in [2.24, 2.45) is 0 Å². The van der Waals surface area contributed by atoms with Crippen LogP contribution in [0.15, 0.2) is 54.6 Å². The van der Waals surface area contributed by atoms with E-state index in [0.29, 0.717) is 16.1 Å². The van der Waals surface area contributed by atoms with Gasteiger partial charge in [-0.1, -0.05) is 18.2 Å². The molecule has 1 N–H and O–H groups in total. The van der Waals surface area contributed by atoms with E-state index in [-0.39, 0.29) is 5.78 Å². The lowest BCUT2D eigenvalue weighted by Gasteiger charge is -2.12. The Morgan fingerprint density at radius 2 is 1.74 bits per heavy atom. The molecule has 3 aromatic rings. The minimum atomic E-state index is -3.39. The van der Waals surface area contributed by atoms with E-state index in [2.05, 4.69) is 4.72 Å². The molecule has 0 aliphatic carbocycles. The Labute approximate surface area is 160 Å². The minimum absolute atomic E-state index is 0.325. The van der Waals surface area contributed by atoms with Gasteiger partial charge in [-0.2, -0.15) is 0 Å². The zero-order valence-corrected chi connectivity index (χ0v) is 16.3. The number of Topliss-reactive ketones (excluding diaryl/α,β-unsaturated/α-hetero) is 1. The number of sulfonamides is 1. The zero-order chi connectivity index (χ0) is 19.6. The highest BCUT2D eigenvalue weighted by molar-refractivity contribution is 7.92. The molecule has 0 radical (unpaired) electrons. The lowest BCUT2D eigenvalue weighted by Crippen LogP contribution is -2.24. The van der Waals surface area contributed by atoms with Crippen LogP contribution in [0.25, 0.3) is 10.1 Å². The van der Waals surface area contributed by atoms with Crippen LogP contribution in [0.4, 0.5) is 5.69 Å². The first-order valence-electron chi connectivity index (χ1n) is 8.04. The van der Waals surface area contributed by atoms with Crippen LogP contribution in [0, 0.1) is 0 Å². The van der Waals surface area contributed by atoms with Crippen LogP contribution in [0.1, 0.15) is 27.0 Å². The van der Waals surface area contributed by atoms with Crippen LogP contribution in [-0.4, -0.2) is 32.5 Å². The normalized spacial score (nSPS) is 12.5. The third-order valence-corrected chi connectivity index (χ3v) is 5.46. The molecule has 1 atom stereocenters.